The maximum atomic E-state index is 13.2. The van der Waals surface area contributed by atoms with E-state index < -0.39 is 45.8 Å². The van der Waals surface area contributed by atoms with Crippen LogP contribution in [0.1, 0.15) is 33.3 Å². The third-order valence-electron chi connectivity index (χ3n) is 5.04. The molecule has 1 atom stereocenters. The molecule has 11 heteroatoms. The second-order valence-corrected chi connectivity index (χ2v) is 9.80. The number of hydroxylamine groups is 2. The van der Waals surface area contributed by atoms with Crippen LogP contribution in [0.5, 0.6) is 0 Å². The summed E-state index contributed by atoms with van der Waals surface area (Å²) in [6.45, 7) is 9.11. The van der Waals surface area contributed by atoms with E-state index in [0.717, 1.165) is 23.1 Å². The molecule has 0 saturated carbocycles. The van der Waals surface area contributed by atoms with Crippen LogP contribution in [0.3, 0.4) is 0 Å². The number of amides is 2. The Morgan fingerprint density at radius 3 is 2.22 bits per heavy atom. The number of urea groups is 1. The van der Waals surface area contributed by atoms with Gasteiger partial charge in [-0.25, -0.2) is 22.8 Å². The maximum Gasteiger partial charge on any atom is 0.441 e. The molecule has 1 aliphatic rings. The highest BCUT2D eigenvalue weighted by molar-refractivity contribution is 7.90. The van der Waals surface area contributed by atoms with Gasteiger partial charge in [0.25, 0.3) is 0 Å². The number of hydrogen-bond donors (Lipinski definition) is 0. The van der Waals surface area contributed by atoms with Crippen LogP contribution in [0, 0.1) is 0 Å². The van der Waals surface area contributed by atoms with E-state index in [1.807, 2.05) is 18.7 Å². The quantitative estimate of drug-likeness (QED) is 0.373. The summed E-state index contributed by atoms with van der Waals surface area (Å²) in [5.41, 5.74) is 0.562. The molecule has 1 unspecified atom stereocenters. The predicted octanol–water partition coefficient (Wildman–Crippen LogP) is 1.42. The number of cyclic esters (lactones) is 1. The van der Waals surface area contributed by atoms with Crippen molar-refractivity contribution < 1.29 is 32.4 Å². The van der Waals surface area contributed by atoms with Crippen molar-refractivity contribution >= 4 is 27.8 Å². The predicted molar refractivity (Wildman–Crippen MR) is 117 cm³/mol. The van der Waals surface area contributed by atoms with Gasteiger partial charge in [-0.3, -0.25) is 4.90 Å². The number of hydrogen-bond acceptors (Lipinski definition) is 8. The van der Waals surface area contributed by atoms with E-state index >= 15 is 0 Å². The van der Waals surface area contributed by atoms with Crippen LogP contribution in [-0.4, -0.2) is 85.5 Å². The lowest BCUT2D eigenvalue weighted by atomic mass is 10.2. The molecule has 1 saturated heterocycles. The number of rotatable bonds is 10. The summed E-state index contributed by atoms with van der Waals surface area (Å²) in [5, 5.41) is 0.803. The zero-order chi connectivity index (χ0) is 23.9. The second-order valence-electron chi connectivity index (χ2n) is 7.69. The van der Waals surface area contributed by atoms with Crippen molar-refractivity contribution in [2.24, 2.45) is 0 Å². The molecule has 10 nitrogen and oxygen atoms in total. The number of esters is 1. The standard InChI is InChI=1S/C21H31N3O7S/c1-5-22(6-2)12-13-23-21(27)24(16(3)4)18(30-19(25)20(26)31-23)15-32(28,29)14-17-10-8-7-9-11-17/h7-11,16,18H,5-6,12-15H2,1-4H3. The number of ether oxygens (including phenoxy) is 1. The number of nitrogens with zero attached hydrogens (tertiary/aromatic N) is 3. The fourth-order valence-corrected chi connectivity index (χ4v) is 4.82. The third kappa shape index (κ3) is 6.92. The molecule has 178 valence electrons. The van der Waals surface area contributed by atoms with E-state index in [0.29, 0.717) is 12.1 Å². The summed E-state index contributed by atoms with van der Waals surface area (Å²) in [6, 6.07) is 7.26. The molecule has 0 N–H and O–H groups in total. The van der Waals surface area contributed by atoms with Crippen molar-refractivity contribution in [1.82, 2.24) is 14.9 Å². The van der Waals surface area contributed by atoms with Gasteiger partial charge in [0.1, 0.15) is 5.75 Å². The minimum atomic E-state index is -3.79. The molecule has 0 aliphatic carbocycles. The largest absolute Gasteiger partial charge is 0.441 e. The van der Waals surface area contributed by atoms with E-state index in [-0.39, 0.29) is 12.3 Å². The zero-order valence-electron chi connectivity index (χ0n) is 18.9. The van der Waals surface area contributed by atoms with Gasteiger partial charge in [-0.2, -0.15) is 5.06 Å². The Kier molecular flexibility index (Phi) is 9.02. The summed E-state index contributed by atoms with van der Waals surface area (Å²) >= 11 is 0. The third-order valence-corrected chi connectivity index (χ3v) is 6.61. The van der Waals surface area contributed by atoms with E-state index in [1.54, 1.807) is 44.2 Å². The summed E-state index contributed by atoms with van der Waals surface area (Å²) < 4.78 is 30.8. The lowest BCUT2D eigenvalue weighted by Gasteiger charge is -2.38. The first-order valence-corrected chi connectivity index (χ1v) is 12.4. The molecule has 0 radical (unpaired) electrons. The monoisotopic (exact) mass is 469 g/mol. The first kappa shape index (κ1) is 25.6. The fourth-order valence-electron chi connectivity index (χ4n) is 3.34. The topological polar surface area (TPSA) is 114 Å². The van der Waals surface area contributed by atoms with Gasteiger partial charge in [0, 0.05) is 12.6 Å². The molecular formula is C21H31N3O7S. The van der Waals surface area contributed by atoms with Gasteiger partial charge in [-0.15, -0.1) is 0 Å². The molecule has 1 aromatic carbocycles. The van der Waals surface area contributed by atoms with E-state index in [4.69, 9.17) is 9.57 Å². The summed E-state index contributed by atoms with van der Waals surface area (Å²) in [5.74, 6) is -3.66. The molecule has 0 aromatic heterocycles. The Bertz CT molecular complexity index is 901. The van der Waals surface area contributed by atoms with Gasteiger partial charge >= 0.3 is 18.0 Å². The molecular weight excluding hydrogens is 438 g/mol. The highest BCUT2D eigenvalue weighted by Gasteiger charge is 2.41. The lowest BCUT2D eigenvalue weighted by Crippen LogP contribution is -2.58. The van der Waals surface area contributed by atoms with Crippen LogP contribution >= 0.6 is 0 Å². The molecule has 32 heavy (non-hydrogen) atoms. The zero-order valence-corrected chi connectivity index (χ0v) is 19.7. The Hall–Kier alpha value is -2.66. The van der Waals surface area contributed by atoms with E-state index in [2.05, 4.69) is 0 Å². The average Bonchev–Trinajstić information content (AvgIpc) is 2.72. The Balaban J connectivity index is 2.29. The molecule has 2 rings (SSSR count). The maximum absolute atomic E-state index is 13.2. The van der Waals surface area contributed by atoms with Gasteiger partial charge in [0.05, 0.1) is 12.3 Å². The average molecular weight is 470 g/mol. The number of benzene rings is 1. The van der Waals surface area contributed by atoms with E-state index in [1.165, 1.54) is 0 Å². The van der Waals surface area contributed by atoms with Crippen molar-refractivity contribution in [3.05, 3.63) is 35.9 Å². The van der Waals surface area contributed by atoms with Crippen LogP contribution < -0.4 is 0 Å². The Labute approximate surface area is 188 Å². The SMILES string of the molecule is CCN(CC)CCN1OC(=O)C(=O)OC(CS(=O)(=O)Cc2ccccc2)N(C(C)C)C1=O. The van der Waals surface area contributed by atoms with Gasteiger partial charge < -0.3 is 14.5 Å². The van der Waals surface area contributed by atoms with Gasteiger partial charge in [0.2, 0.25) is 0 Å². The minimum absolute atomic E-state index is 0.0201. The van der Waals surface area contributed by atoms with Crippen molar-refractivity contribution in [3.8, 4) is 0 Å². The minimum Gasteiger partial charge on any atom is -0.432 e. The highest BCUT2D eigenvalue weighted by atomic mass is 32.2. The normalized spacial score (nSPS) is 17.9. The van der Waals surface area contributed by atoms with Gasteiger partial charge in [-0.05, 0) is 32.5 Å². The summed E-state index contributed by atoms with van der Waals surface area (Å²) in [7, 11) is -3.79. The second kappa shape index (κ2) is 11.3. The first-order chi connectivity index (χ1) is 15.1. The van der Waals surface area contributed by atoms with Crippen LogP contribution in [0.15, 0.2) is 30.3 Å². The highest BCUT2D eigenvalue weighted by Crippen LogP contribution is 2.19. The summed E-state index contributed by atoms with van der Waals surface area (Å²) in [4.78, 5) is 45.6. The fraction of sp³-hybridized carbons (Fsp3) is 0.571. The van der Waals surface area contributed by atoms with Crippen molar-refractivity contribution in [3.63, 3.8) is 0 Å². The smallest absolute Gasteiger partial charge is 0.432 e. The van der Waals surface area contributed by atoms with Crippen LogP contribution in [0.2, 0.25) is 0 Å². The molecule has 1 heterocycles. The number of sulfone groups is 1. The van der Waals surface area contributed by atoms with E-state index in [9.17, 15) is 22.8 Å². The molecule has 1 fully saturated rings. The summed E-state index contributed by atoms with van der Waals surface area (Å²) in [6.07, 6.45) is -1.47. The Morgan fingerprint density at radius 1 is 1.03 bits per heavy atom. The molecule has 1 aromatic rings. The Morgan fingerprint density at radius 2 is 1.66 bits per heavy atom. The van der Waals surface area contributed by atoms with Crippen molar-refractivity contribution in [2.75, 3.05) is 31.9 Å². The number of carbonyl (C=O) groups excluding carboxylic acids is 3. The molecule has 1 aliphatic heterocycles. The van der Waals surface area contributed by atoms with Gasteiger partial charge in [0.15, 0.2) is 16.1 Å². The van der Waals surface area contributed by atoms with Crippen LogP contribution in [-0.2, 0) is 34.8 Å². The molecule has 0 bridgehead atoms. The number of likely N-dealkylation sites (N-methyl/N-ethyl adjacent to an activating group) is 1. The number of carbonyl (C=O) groups is 3. The van der Waals surface area contributed by atoms with Crippen LogP contribution in [0.4, 0.5) is 4.79 Å². The first-order valence-electron chi connectivity index (χ1n) is 10.6. The van der Waals surface area contributed by atoms with Crippen molar-refractivity contribution in [1.29, 1.82) is 0 Å². The molecule has 0 spiro atoms. The van der Waals surface area contributed by atoms with Crippen LogP contribution in [0.25, 0.3) is 0 Å². The lowest BCUT2D eigenvalue weighted by molar-refractivity contribution is -0.205. The molecule has 2 amide bonds. The van der Waals surface area contributed by atoms with Crippen molar-refractivity contribution in [2.45, 2.75) is 45.7 Å². The van der Waals surface area contributed by atoms with Gasteiger partial charge in [-0.1, -0.05) is 44.2 Å².